The Kier molecular flexibility index (Phi) is 4.08. The molecule has 21 heavy (non-hydrogen) atoms. The molecule has 0 atom stereocenters. The first-order chi connectivity index (χ1) is 9.86. The fourth-order valence-electron chi connectivity index (χ4n) is 1.58. The molecule has 0 radical (unpaired) electrons. The third-order valence-electron chi connectivity index (χ3n) is 2.56. The van der Waals surface area contributed by atoms with Crippen LogP contribution in [0.2, 0.25) is 5.02 Å². The highest BCUT2D eigenvalue weighted by molar-refractivity contribution is 6.30. The maximum atomic E-state index is 13.0. The SMILES string of the molecule is Nc1cc(NC(=O)Cn2cc(Cl)c(=O)[nH]c2=O)ccc1F. The van der Waals surface area contributed by atoms with E-state index < -0.39 is 23.0 Å². The van der Waals surface area contributed by atoms with Crippen molar-refractivity contribution in [1.82, 2.24) is 9.55 Å². The average Bonchev–Trinajstić information content (AvgIpc) is 2.40. The number of halogens is 2. The van der Waals surface area contributed by atoms with Crippen LogP contribution in [0.3, 0.4) is 0 Å². The lowest BCUT2D eigenvalue weighted by atomic mass is 10.2. The van der Waals surface area contributed by atoms with Crippen molar-refractivity contribution in [3.05, 3.63) is 56.1 Å². The van der Waals surface area contributed by atoms with Crippen LogP contribution in [-0.4, -0.2) is 15.5 Å². The van der Waals surface area contributed by atoms with Crippen LogP contribution >= 0.6 is 11.6 Å². The fraction of sp³-hybridized carbons (Fsp3) is 0.0833. The summed E-state index contributed by atoms with van der Waals surface area (Å²) in [4.78, 5) is 36.3. The highest BCUT2D eigenvalue weighted by Gasteiger charge is 2.08. The number of hydrogen-bond acceptors (Lipinski definition) is 4. The maximum absolute atomic E-state index is 13.0. The molecule has 2 aromatic rings. The summed E-state index contributed by atoms with van der Waals surface area (Å²) in [6.45, 7) is -0.368. The van der Waals surface area contributed by atoms with Crippen molar-refractivity contribution >= 4 is 28.9 Å². The van der Waals surface area contributed by atoms with Crippen molar-refractivity contribution in [2.75, 3.05) is 11.1 Å². The second-order valence-electron chi connectivity index (χ2n) is 4.15. The molecule has 110 valence electrons. The van der Waals surface area contributed by atoms with E-state index in [-0.39, 0.29) is 22.9 Å². The Balaban J connectivity index is 2.15. The summed E-state index contributed by atoms with van der Waals surface area (Å²) < 4.78 is 13.9. The number of nitrogens with one attached hydrogen (secondary N) is 2. The first-order valence-electron chi connectivity index (χ1n) is 5.71. The number of amides is 1. The first kappa shape index (κ1) is 14.8. The van der Waals surface area contributed by atoms with Gasteiger partial charge in [0.15, 0.2) is 0 Å². The predicted octanol–water partition coefficient (Wildman–Crippen LogP) is 0.550. The third-order valence-corrected chi connectivity index (χ3v) is 2.83. The highest BCUT2D eigenvalue weighted by Crippen LogP contribution is 2.16. The van der Waals surface area contributed by atoms with Crippen LogP contribution < -0.4 is 22.3 Å². The maximum Gasteiger partial charge on any atom is 0.328 e. The second kappa shape index (κ2) is 5.80. The van der Waals surface area contributed by atoms with Crippen LogP contribution in [-0.2, 0) is 11.3 Å². The molecule has 0 saturated carbocycles. The fourth-order valence-corrected chi connectivity index (χ4v) is 1.74. The Hall–Kier alpha value is -2.61. The lowest BCUT2D eigenvalue weighted by Gasteiger charge is -2.08. The predicted molar refractivity (Wildman–Crippen MR) is 75.8 cm³/mol. The number of nitrogens with two attached hydrogens (primary N) is 1. The molecule has 0 fully saturated rings. The molecule has 1 aromatic heterocycles. The molecule has 0 bridgehead atoms. The average molecular weight is 313 g/mol. The number of hydrogen-bond donors (Lipinski definition) is 3. The molecular weight excluding hydrogens is 303 g/mol. The van der Waals surface area contributed by atoms with E-state index in [1.807, 2.05) is 4.98 Å². The molecule has 1 heterocycles. The lowest BCUT2D eigenvalue weighted by Crippen LogP contribution is -2.33. The molecule has 0 aliphatic carbocycles. The molecule has 1 aromatic carbocycles. The molecule has 9 heteroatoms. The van der Waals surface area contributed by atoms with Crippen LogP contribution in [0.1, 0.15) is 0 Å². The van der Waals surface area contributed by atoms with Crippen molar-refractivity contribution in [2.45, 2.75) is 6.54 Å². The van der Waals surface area contributed by atoms with Crippen LogP contribution in [0.5, 0.6) is 0 Å². The molecule has 0 saturated heterocycles. The number of aromatic amines is 1. The molecule has 2 rings (SSSR count). The minimum absolute atomic E-state index is 0.114. The summed E-state index contributed by atoms with van der Waals surface area (Å²) in [5, 5.41) is 2.22. The van der Waals surface area contributed by atoms with Gasteiger partial charge >= 0.3 is 5.69 Å². The van der Waals surface area contributed by atoms with Crippen molar-refractivity contribution in [2.24, 2.45) is 0 Å². The summed E-state index contributed by atoms with van der Waals surface area (Å²) in [6.07, 6.45) is 1.06. The number of H-pyrrole nitrogens is 1. The summed E-state index contributed by atoms with van der Waals surface area (Å²) >= 11 is 5.57. The Labute approximate surface area is 122 Å². The highest BCUT2D eigenvalue weighted by atomic mass is 35.5. The second-order valence-corrected chi connectivity index (χ2v) is 4.56. The Bertz CT molecular complexity index is 815. The molecular formula is C12H10ClFN4O3. The Morgan fingerprint density at radius 2 is 2.14 bits per heavy atom. The molecule has 0 unspecified atom stereocenters. The van der Waals surface area contributed by atoms with E-state index in [1.54, 1.807) is 0 Å². The minimum atomic E-state index is -0.766. The number of nitrogens with zero attached hydrogens (tertiary/aromatic N) is 1. The molecule has 0 aliphatic rings. The third kappa shape index (κ3) is 3.48. The molecule has 0 aliphatic heterocycles. The standard InChI is InChI=1S/C12H10ClFN4O3/c13-7-4-18(12(21)17-11(7)20)5-10(19)16-6-1-2-8(14)9(15)3-6/h1-4H,5,15H2,(H,16,19)(H,17,20,21). The van der Waals surface area contributed by atoms with E-state index in [2.05, 4.69) is 5.32 Å². The van der Waals surface area contributed by atoms with Crippen LogP contribution in [0.4, 0.5) is 15.8 Å². The number of carbonyl (C=O) groups is 1. The van der Waals surface area contributed by atoms with Gasteiger partial charge in [-0.3, -0.25) is 19.1 Å². The van der Waals surface area contributed by atoms with E-state index in [4.69, 9.17) is 17.3 Å². The number of rotatable bonds is 3. The van der Waals surface area contributed by atoms with Crippen LogP contribution in [0, 0.1) is 5.82 Å². The molecule has 7 nitrogen and oxygen atoms in total. The summed E-state index contributed by atoms with van der Waals surface area (Å²) in [7, 11) is 0. The van der Waals surface area contributed by atoms with Crippen molar-refractivity contribution in [3.8, 4) is 0 Å². The lowest BCUT2D eigenvalue weighted by molar-refractivity contribution is -0.116. The smallest absolute Gasteiger partial charge is 0.328 e. The molecule has 4 N–H and O–H groups in total. The number of carbonyl (C=O) groups excluding carboxylic acids is 1. The molecule has 1 amide bonds. The van der Waals surface area contributed by atoms with E-state index in [1.165, 1.54) is 12.1 Å². The quantitative estimate of drug-likeness (QED) is 0.719. The van der Waals surface area contributed by atoms with Gasteiger partial charge in [-0.25, -0.2) is 9.18 Å². The van der Waals surface area contributed by atoms with E-state index >= 15 is 0 Å². The topological polar surface area (TPSA) is 110 Å². The van der Waals surface area contributed by atoms with Crippen molar-refractivity contribution in [1.29, 1.82) is 0 Å². The minimum Gasteiger partial charge on any atom is -0.396 e. The number of nitrogen functional groups attached to an aromatic ring is 1. The summed E-state index contributed by atoms with van der Waals surface area (Å²) in [6, 6.07) is 3.68. The van der Waals surface area contributed by atoms with E-state index in [9.17, 15) is 18.8 Å². The van der Waals surface area contributed by atoms with Crippen molar-refractivity contribution < 1.29 is 9.18 Å². The Morgan fingerprint density at radius 1 is 1.43 bits per heavy atom. The van der Waals surface area contributed by atoms with Gasteiger partial charge in [0.1, 0.15) is 17.4 Å². The van der Waals surface area contributed by atoms with Gasteiger partial charge in [0, 0.05) is 11.9 Å². The Morgan fingerprint density at radius 3 is 2.81 bits per heavy atom. The van der Waals surface area contributed by atoms with Crippen LogP contribution in [0.25, 0.3) is 0 Å². The number of benzene rings is 1. The number of aromatic nitrogens is 2. The van der Waals surface area contributed by atoms with Gasteiger partial charge in [0.2, 0.25) is 5.91 Å². The van der Waals surface area contributed by atoms with Crippen molar-refractivity contribution in [3.63, 3.8) is 0 Å². The van der Waals surface area contributed by atoms with E-state index in [0.717, 1.165) is 16.8 Å². The summed E-state index contributed by atoms with van der Waals surface area (Å²) in [5.41, 5.74) is 4.04. The van der Waals surface area contributed by atoms with Gasteiger partial charge in [-0.2, -0.15) is 0 Å². The van der Waals surface area contributed by atoms with Gasteiger partial charge in [-0.1, -0.05) is 11.6 Å². The monoisotopic (exact) mass is 312 g/mol. The van der Waals surface area contributed by atoms with Gasteiger partial charge < -0.3 is 11.1 Å². The van der Waals surface area contributed by atoms with Gasteiger partial charge in [0.05, 0.1) is 5.69 Å². The van der Waals surface area contributed by atoms with Gasteiger partial charge in [-0.05, 0) is 18.2 Å². The molecule has 0 spiro atoms. The zero-order valence-electron chi connectivity index (χ0n) is 10.5. The van der Waals surface area contributed by atoms with Gasteiger partial charge in [-0.15, -0.1) is 0 Å². The van der Waals surface area contributed by atoms with E-state index in [0.29, 0.717) is 0 Å². The zero-order valence-corrected chi connectivity index (χ0v) is 11.3. The van der Waals surface area contributed by atoms with Gasteiger partial charge in [0.25, 0.3) is 5.56 Å². The normalized spacial score (nSPS) is 10.4. The summed E-state index contributed by atoms with van der Waals surface area (Å²) in [5.74, 6) is -1.16. The first-order valence-corrected chi connectivity index (χ1v) is 6.09. The zero-order chi connectivity index (χ0) is 15.6. The van der Waals surface area contributed by atoms with Crippen LogP contribution in [0.15, 0.2) is 34.0 Å². The number of anilines is 2. The largest absolute Gasteiger partial charge is 0.396 e.